The standard InChI is InChI=1S/C46H26N6.C30H20N2O.C8H5NO2.Zn/c1-3-15-27(16-4-1)37-39-29-19-7-8-20-30(29)40(47-39)38(28-17-5-2-6-18-28)42-32-22-10-12-24-34(32)44(49-42)51-46-36-26-14-13-25-35(36)45(52-46)50-43-33-23-11-9-21-31(33)41(37)48-43;33-30-25-18-10-9-17-24(25)29(32-30)27(21-13-5-2-6-14-21)28-23-16-8-7-15-22(23)26(31-28)19-20-11-3-1-4-12-20;10-7-5-3-1-2-4-6(5)8(11)9-7;/h1-26H;1-19,31H;1-4H,(H,9,10,11);/q-2;;;+2/b;26-19+,28-27?;;. The number of amides is 3. The number of hydrogen-bond acceptors (Lipinski definition) is 7. The van der Waals surface area contributed by atoms with E-state index in [-0.39, 0.29) is 37.2 Å². The fourth-order valence-electron chi connectivity index (χ4n) is 13.4. The van der Waals surface area contributed by atoms with Crippen LogP contribution in [0.1, 0.15) is 47.8 Å². The van der Waals surface area contributed by atoms with E-state index in [4.69, 9.17) is 29.9 Å². The Balaban J connectivity index is 0.000000139. The molecule has 97 heavy (non-hydrogen) atoms. The number of aromatic amines is 1. The molecule has 0 unspecified atom stereocenters. The first-order valence-corrected chi connectivity index (χ1v) is 31.5. The summed E-state index contributed by atoms with van der Waals surface area (Å²) in [6.45, 7) is 0. The number of carbonyl (C=O) groups is 3. The molecule has 0 atom stereocenters. The van der Waals surface area contributed by atoms with Crippen molar-refractivity contribution in [3.05, 3.63) is 335 Å². The third-order valence-corrected chi connectivity index (χ3v) is 17.7. The summed E-state index contributed by atoms with van der Waals surface area (Å²) in [5.74, 6) is 0.353. The molecule has 4 aromatic heterocycles. The van der Waals surface area contributed by atoms with Gasteiger partial charge in [0.1, 0.15) is 0 Å². The minimum absolute atomic E-state index is 0. The van der Waals surface area contributed by atoms with Crippen LogP contribution in [0, 0.1) is 0 Å². The van der Waals surface area contributed by atoms with Gasteiger partial charge in [0, 0.05) is 60.6 Å². The molecule has 19 rings (SSSR count). The van der Waals surface area contributed by atoms with E-state index in [2.05, 4.69) is 173 Å². The van der Waals surface area contributed by atoms with Crippen molar-refractivity contribution in [2.45, 2.75) is 0 Å². The van der Waals surface area contributed by atoms with Crippen LogP contribution < -0.4 is 26.0 Å². The van der Waals surface area contributed by atoms with E-state index >= 15 is 0 Å². The molecule has 0 radical (unpaired) electrons. The molecule has 15 aromatic rings. The van der Waals surface area contributed by atoms with Crippen molar-refractivity contribution in [3.8, 4) is 67.5 Å². The number of nitrogens with one attached hydrogen (secondary N) is 2. The van der Waals surface area contributed by atoms with Gasteiger partial charge in [0.05, 0.1) is 50.8 Å². The van der Waals surface area contributed by atoms with Gasteiger partial charge in [-0.15, -0.1) is 0 Å². The molecule has 8 heterocycles. The SMILES string of the molecule is O=C1N=C(C(c2ccccc2)=c2[nH]/c(=C/c3ccccc3)c3ccccc23)c2ccccc21.O=C1NC(=O)c2ccccc21.[Zn+2].c1ccc(-c2c3nc(c(-c4ccccc4)c4[n-]c(nc5nc(nc6[n-]c2c2ccccc62)-c2ccccc2-5)c2ccccc42)-c2ccccc2-3)cc1. The van der Waals surface area contributed by atoms with Crippen molar-refractivity contribution in [3.63, 3.8) is 0 Å². The van der Waals surface area contributed by atoms with E-state index < -0.39 is 0 Å². The van der Waals surface area contributed by atoms with Gasteiger partial charge in [0.25, 0.3) is 17.7 Å². The van der Waals surface area contributed by atoms with E-state index in [0.717, 1.165) is 132 Å². The van der Waals surface area contributed by atoms with Gasteiger partial charge in [0.15, 0.2) is 0 Å². The van der Waals surface area contributed by atoms with Gasteiger partial charge >= 0.3 is 19.5 Å². The zero-order valence-electron chi connectivity index (χ0n) is 51.9. The van der Waals surface area contributed by atoms with Crippen LogP contribution in [0.15, 0.2) is 296 Å². The fraction of sp³-hybridized carbons (Fsp3) is 0. The first kappa shape index (κ1) is 59.3. The summed E-state index contributed by atoms with van der Waals surface area (Å²) in [6, 6.07) is 97.3. The zero-order chi connectivity index (χ0) is 64.2. The topological polar surface area (TPSA) is 171 Å². The molecule has 11 aromatic carbocycles. The quantitative estimate of drug-likeness (QED) is 0.126. The maximum atomic E-state index is 12.7. The molecule has 0 spiro atoms. The number of H-pyrrole nitrogens is 1. The van der Waals surface area contributed by atoms with Crippen LogP contribution in [0.4, 0.5) is 0 Å². The summed E-state index contributed by atoms with van der Waals surface area (Å²) in [5.41, 5.74) is 18.6. The first-order valence-electron chi connectivity index (χ1n) is 31.5. The summed E-state index contributed by atoms with van der Waals surface area (Å²) in [6.07, 6.45) is 2.16. The summed E-state index contributed by atoms with van der Waals surface area (Å²) in [4.78, 5) is 74.6. The van der Waals surface area contributed by atoms with Crippen molar-refractivity contribution in [2.75, 3.05) is 0 Å². The Morgan fingerprint density at radius 3 is 1.25 bits per heavy atom. The van der Waals surface area contributed by atoms with E-state index in [1.54, 1.807) is 24.3 Å². The molecular weight excluding hydrogens is 1250 g/mol. The molecule has 3 amide bonds. The first-order chi connectivity index (χ1) is 47.4. The second kappa shape index (κ2) is 25.0. The Hall–Kier alpha value is -12.7. The van der Waals surface area contributed by atoms with Gasteiger partial charge in [0.2, 0.25) is 0 Å². The van der Waals surface area contributed by atoms with E-state index in [1.165, 1.54) is 0 Å². The van der Waals surface area contributed by atoms with Crippen molar-refractivity contribution < 1.29 is 33.9 Å². The van der Waals surface area contributed by atoms with Crippen LogP contribution in [0.3, 0.4) is 0 Å². The Bertz CT molecular complexity index is 5830. The summed E-state index contributed by atoms with van der Waals surface area (Å²) >= 11 is 0. The number of imide groups is 1. The molecular formula is C84H51N9O3Zn. The minimum Gasteiger partial charge on any atom is -0.435 e. The Labute approximate surface area is 568 Å². The number of carbonyl (C=O) groups excluding carboxylic acids is 3. The van der Waals surface area contributed by atoms with Crippen molar-refractivity contribution in [2.24, 2.45) is 4.99 Å². The molecule has 0 aliphatic carbocycles. The molecule has 0 fully saturated rings. The van der Waals surface area contributed by atoms with Crippen LogP contribution >= 0.6 is 0 Å². The van der Waals surface area contributed by atoms with Crippen molar-refractivity contribution in [1.29, 1.82) is 0 Å². The predicted molar refractivity (Wildman–Crippen MR) is 381 cm³/mol. The van der Waals surface area contributed by atoms with Crippen LogP contribution in [0.5, 0.6) is 0 Å². The van der Waals surface area contributed by atoms with Gasteiger partial charge in [-0.2, -0.15) is 0 Å². The third-order valence-electron chi connectivity index (χ3n) is 17.7. The van der Waals surface area contributed by atoms with Crippen LogP contribution in [0.25, 0.3) is 134 Å². The average molecular weight is 1300 g/mol. The number of benzene rings is 11. The van der Waals surface area contributed by atoms with Gasteiger partial charge < -0.3 is 24.9 Å². The molecule has 4 aliphatic rings. The van der Waals surface area contributed by atoms with Crippen molar-refractivity contribution in [1.82, 2.24) is 40.2 Å². The number of nitrogens with zero attached hydrogens (tertiary/aromatic N) is 7. The number of aromatic nitrogens is 7. The average Bonchev–Trinajstić information content (AvgIpc) is 1.59. The molecule has 2 N–H and O–H groups in total. The van der Waals surface area contributed by atoms with Gasteiger partial charge in [-0.05, 0) is 90.4 Å². The third kappa shape index (κ3) is 10.6. The smallest absolute Gasteiger partial charge is 0.435 e. The zero-order valence-corrected chi connectivity index (χ0v) is 54.8. The van der Waals surface area contributed by atoms with Gasteiger partial charge in [-0.25, -0.2) is 9.98 Å². The fourth-order valence-corrected chi connectivity index (χ4v) is 13.4. The monoisotopic (exact) mass is 1300 g/mol. The second-order valence-electron chi connectivity index (χ2n) is 23.4. The number of hydrogen-bond donors (Lipinski definition) is 2. The largest absolute Gasteiger partial charge is 2.00 e. The second-order valence-corrected chi connectivity index (χ2v) is 23.4. The normalized spacial score (nSPS) is 12.9. The molecule has 4 aliphatic heterocycles. The molecule has 0 saturated carbocycles. The van der Waals surface area contributed by atoms with E-state index in [1.807, 2.05) is 115 Å². The Kier molecular flexibility index (Phi) is 15.3. The van der Waals surface area contributed by atoms with E-state index in [0.29, 0.717) is 45.3 Å². The predicted octanol–water partition coefficient (Wildman–Crippen LogP) is 16.1. The minimum atomic E-state index is -0.300. The molecule has 8 bridgehead atoms. The number of rotatable bonds is 5. The van der Waals surface area contributed by atoms with Crippen LogP contribution in [0.2, 0.25) is 0 Å². The van der Waals surface area contributed by atoms with Crippen LogP contribution in [-0.4, -0.2) is 48.4 Å². The van der Waals surface area contributed by atoms with E-state index in [9.17, 15) is 14.4 Å². The summed E-state index contributed by atoms with van der Waals surface area (Å²) < 4.78 is 0. The molecule has 12 nitrogen and oxygen atoms in total. The number of fused-ring (bicyclic) bond motifs is 23. The maximum absolute atomic E-state index is 12.7. The maximum Gasteiger partial charge on any atom is 2.00 e. The molecule has 13 heteroatoms. The summed E-state index contributed by atoms with van der Waals surface area (Å²) in [7, 11) is 0. The van der Waals surface area contributed by atoms with Crippen LogP contribution in [-0.2, 0) is 19.5 Å². The summed E-state index contributed by atoms with van der Waals surface area (Å²) in [5, 5.41) is 10.3. The van der Waals surface area contributed by atoms with Gasteiger partial charge in [-0.1, -0.05) is 273 Å². The Morgan fingerprint density at radius 1 is 0.351 bits per heavy atom. The Morgan fingerprint density at radius 2 is 0.742 bits per heavy atom. The molecule has 452 valence electrons. The molecule has 0 saturated heterocycles. The number of aliphatic imine (C=N–C) groups is 1. The van der Waals surface area contributed by atoms with Gasteiger partial charge in [-0.3, -0.25) is 24.7 Å². The van der Waals surface area contributed by atoms with Crippen molar-refractivity contribution >= 4 is 89.7 Å².